The number of nitrogens with zero attached hydrogens (tertiary/aromatic N) is 4. The van der Waals surface area contributed by atoms with Crippen molar-refractivity contribution in [2.24, 2.45) is 0 Å². The zero-order valence-electron chi connectivity index (χ0n) is 12.1. The highest BCUT2D eigenvalue weighted by Gasteiger charge is 2.14. The Morgan fingerprint density at radius 1 is 1.10 bits per heavy atom. The molecular formula is C12H15N5O3S. The zero-order valence-corrected chi connectivity index (χ0v) is 12.9. The molecule has 2 rings (SSSR count). The fraction of sp³-hybridized carbons (Fsp3) is 0.417. The largest absolute Gasteiger partial charge is 0.467 e. The monoisotopic (exact) mass is 309 g/mol. The van der Waals surface area contributed by atoms with Gasteiger partial charge >= 0.3 is 12.0 Å². The first kappa shape index (κ1) is 15.1. The fourth-order valence-corrected chi connectivity index (χ4v) is 2.46. The van der Waals surface area contributed by atoms with Gasteiger partial charge in [0.05, 0.1) is 31.5 Å². The van der Waals surface area contributed by atoms with Crippen molar-refractivity contribution < 1.29 is 14.3 Å². The van der Waals surface area contributed by atoms with Crippen LogP contribution in [0.15, 0.2) is 0 Å². The van der Waals surface area contributed by atoms with E-state index in [1.54, 1.807) is 6.92 Å². The first-order valence-corrected chi connectivity index (χ1v) is 6.90. The first-order valence-electron chi connectivity index (χ1n) is 6.08. The highest BCUT2D eigenvalue weighted by molar-refractivity contribution is 7.13. The number of hydrogen-bond acceptors (Lipinski definition) is 8. The van der Waals surface area contributed by atoms with Crippen LogP contribution in [0.25, 0.3) is 0 Å². The lowest BCUT2D eigenvalue weighted by Crippen LogP contribution is -2.24. The van der Waals surface area contributed by atoms with E-state index in [9.17, 15) is 4.79 Å². The number of aromatic nitrogens is 4. The molecule has 0 saturated heterocycles. The standard InChI is InChI=1S/C12H15N5O3S/c1-6-9(21-7(2)14-6)10(18)13-5-8-15-11(19-3)17-12(16-8)20-4/h5H2,1-4H3,(H,13,18). The third kappa shape index (κ3) is 3.63. The summed E-state index contributed by atoms with van der Waals surface area (Å²) in [5.41, 5.74) is 0.709. The van der Waals surface area contributed by atoms with Crippen molar-refractivity contribution in [1.29, 1.82) is 0 Å². The van der Waals surface area contributed by atoms with Crippen molar-refractivity contribution in [2.45, 2.75) is 20.4 Å². The fourth-order valence-electron chi connectivity index (χ4n) is 1.62. The summed E-state index contributed by atoms with van der Waals surface area (Å²) >= 11 is 1.35. The normalized spacial score (nSPS) is 10.3. The molecule has 0 fully saturated rings. The molecule has 21 heavy (non-hydrogen) atoms. The average Bonchev–Trinajstić information content (AvgIpc) is 2.83. The highest BCUT2D eigenvalue weighted by atomic mass is 32.1. The SMILES string of the molecule is COc1nc(CNC(=O)c2sc(C)nc2C)nc(OC)n1. The van der Waals surface area contributed by atoms with Gasteiger partial charge in [-0.15, -0.1) is 16.3 Å². The molecule has 0 atom stereocenters. The molecular weight excluding hydrogens is 294 g/mol. The van der Waals surface area contributed by atoms with E-state index in [-0.39, 0.29) is 24.5 Å². The lowest BCUT2D eigenvalue weighted by atomic mass is 10.3. The minimum Gasteiger partial charge on any atom is -0.467 e. The quantitative estimate of drug-likeness (QED) is 0.875. The average molecular weight is 309 g/mol. The molecule has 8 nitrogen and oxygen atoms in total. The molecule has 2 aromatic heterocycles. The van der Waals surface area contributed by atoms with Gasteiger partial charge in [0, 0.05) is 0 Å². The number of aryl methyl sites for hydroxylation is 2. The van der Waals surface area contributed by atoms with Gasteiger partial charge < -0.3 is 14.8 Å². The van der Waals surface area contributed by atoms with Crippen molar-refractivity contribution in [1.82, 2.24) is 25.3 Å². The van der Waals surface area contributed by atoms with Crippen LogP contribution in [0.5, 0.6) is 12.0 Å². The number of hydrogen-bond donors (Lipinski definition) is 1. The molecule has 0 unspecified atom stereocenters. The second-order valence-electron chi connectivity index (χ2n) is 4.06. The Labute approximate surface area is 125 Å². The van der Waals surface area contributed by atoms with Crippen LogP contribution < -0.4 is 14.8 Å². The topological polar surface area (TPSA) is 99.1 Å². The molecule has 0 aliphatic carbocycles. The molecule has 112 valence electrons. The van der Waals surface area contributed by atoms with Gasteiger partial charge in [-0.2, -0.15) is 9.97 Å². The number of thiazole rings is 1. The van der Waals surface area contributed by atoms with Crippen LogP contribution in [0.1, 0.15) is 26.2 Å². The highest BCUT2D eigenvalue weighted by Crippen LogP contribution is 2.17. The van der Waals surface area contributed by atoms with E-state index < -0.39 is 0 Å². The number of nitrogens with one attached hydrogen (secondary N) is 1. The smallest absolute Gasteiger partial charge is 0.322 e. The summed E-state index contributed by atoms with van der Waals surface area (Å²) in [4.78, 5) is 28.9. The molecule has 0 spiro atoms. The predicted molar refractivity (Wildman–Crippen MR) is 75.7 cm³/mol. The van der Waals surface area contributed by atoms with Gasteiger partial charge in [-0.05, 0) is 13.8 Å². The summed E-state index contributed by atoms with van der Waals surface area (Å²) in [7, 11) is 2.89. The number of methoxy groups -OCH3 is 2. The van der Waals surface area contributed by atoms with Gasteiger partial charge in [0.2, 0.25) is 0 Å². The van der Waals surface area contributed by atoms with Gasteiger partial charge in [-0.25, -0.2) is 4.98 Å². The van der Waals surface area contributed by atoms with Gasteiger partial charge in [-0.1, -0.05) is 0 Å². The molecule has 0 radical (unpaired) electrons. The summed E-state index contributed by atoms with van der Waals surface area (Å²) in [6.45, 7) is 3.80. The van der Waals surface area contributed by atoms with Crippen molar-refractivity contribution >= 4 is 17.2 Å². The van der Waals surface area contributed by atoms with Crippen LogP contribution >= 0.6 is 11.3 Å². The molecule has 2 heterocycles. The van der Waals surface area contributed by atoms with E-state index in [2.05, 4.69) is 25.3 Å². The van der Waals surface area contributed by atoms with Crippen LogP contribution in [0, 0.1) is 13.8 Å². The van der Waals surface area contributed by atoms with Crippen molar-refractivity contribution in [3.63, 3.8) is 0 Å². The number of rotatable bonds is 5. The molecule has 9 heteroatoms. The van der Waals surface area contributed by atoms with E-state index in [0.29, 0.717) is 16.4 Å². The summed E-state index contributed by atoms with van der Waals surface area (Å²) in [5, 5.41) is 3.59. The summed E-state index contributed by atoms with van der Waals surface area (Å²) in [6, 6.07) is 0.270. The number of carbonyl (C=O) groups is 1. The summed E-state index contributed by atoms with van der Waals surface area (Å²) < 4.78 is 9.90. The minimum absolute atomic E-state index is 0.135. The van der Waals surface area contributed by atoms with E-state index >= 15 is 0 Å². The van der Waals surface area contributed by atoms with Gasteiger partial charge in [0.15, 0.2) is 5.82 Å². The van der Waals surface area contributed by atoms with Crippen LogP contribution in [-0.4, -0.2) is 40.1 Å². The van der Waals surface area contributed by atoms with Crippen molar-refractivity contribution in [3.8, 4) is 12.0 Å². The molecule has 0 aliphatic rings. The Kier molecular flexibility index (Phi) is 4.63. The number of ether oxygens (including phenoxy) is 2. The Balaban J connectivity index is 2.09. The molecule has 2 aromatic rings. The predicted octanol–water partition coefficient (Wildman–Crippen LogP) is 0.892. The number of amides is 1. The second-order valence-corrected chi connectivity index (χ2v) is 5.26. The van der Waals surface area contributed by atoms with Crippen molar-refractivity contribution in [3.05, 3.63) is 21.4 Å². The Morgan fingerprint density at radius 2 is 1.71 bits per heavy atom. The maximum absolute atomic E-state index is 12.1. The van der Waals surface area contributed by atoms with E-state index in [4.69, 9.17) is 9.47 Å². The molecule has 0 aromatic carbocycles. The second kappa shape index (κ2) is 6.44. The molecule has 0 bridgehead atoms. The Morgan fingerprint density at radius 3 is 2.19 bits per heavy atom. The van der Waals surface area contributed by atoms with Crippen LogP contribution in [0.4, 0.5) is 0 Å². The lowest BCUT2D eigenvalue weighted by Gasteiger charge is -2.06. The molecule has 0 saturated carbocycles. The van der Waals surface area contributed by atoms with E-state index in [0.717, 1.165) is 5.01 Å². The van der Waals surface area contributed by atoms with Gasteiger partial charge in [0.25, 0.3) is 5.91 Å². The summed E-state index contributed by atoms with van der Waals surface area (Å²) in [5.74, 6) is 0.141. The van der Waals surface area contributed by atoms with Crippen LogP contribution in [0.3, 0.4) is 0 Å². The van der Waals surface area contributed by atoms with Crippen molar-refractivity contribution in [2.75, 3.05) is 14.2 Å². The van der Waals surface area contributed by atoms with Gasteiger partial charge in [0.1, 0.15) is 4.88 Å². The Hall–Kier alpha value is -2.29. The Bertz CT molecular complexity index is 636. The third-order valence-corrected chi connectivity index (χ3v) is 3.59. The lowest BCUT2D eigenvalue weighted by molar-refractivity contribution is 0.0952. The maximum atomic E-state index is 12.1. The van der Waals surface area contributed by atoms with E-state index in [1.807, 2.05) is 6.92 Å². The van der Waals surface area contributed by atoms with E-state index in [1.165, 1.54) is 25.6 Å². The van der Waals surface area contributed by atoms with Crippen LogP contribution in [-0.2, 0) is 6.54 Å². The number of carbonyl (C=O) groups excluding carboxylic acids is 1. The zero-order chi connectivity index (χ0) is 15.4. The van der Waals surface area contributed by atoms with Crippen LogP contribution in [0.2, 0.25) is 0 Å². The molecule has 0 aliphatic heterocycles. The molecule has 1 N–H and O–H groups in total. The minimum atomic E-state index is -0.212. The third-order valence-electron chi connectivity index (χ3n) is 2.52. The maximum Gasteiger partial charge on any atom is 0.322 e. The first-order chi connectivity index (χ1) is 10.0. The summed E-state index contributed by atoms with van der Waals surface area (Å²) in [6.07, 6.45) is 0. The van der Waals surface area contributed by atoms with Gasteiger partial charge in [-0.3, -0.25) is 4.79 Å². The molecule has 1 amide bonds.